The molecule has 0 aliphatic heterocycles. The van der Waals surface area contributed by atoms with Crippen LogP contribution in [-0.2, 0) is 7.05 Å². The van der Waals surface area contributed by atoms with Gasteiger partial charge in [-0.15, -0.1) is 0 Å². The molecule has 3 aromatic heterocycles. The molecule has 23 heavy (non-hydrogen) atoms. The van der Waals surface area contributed by atoms with E-state index in [4.69, 9.17) is 4.52 Å². The number of imidazole rings is 1. The number of aryl methyl sites for hydroxylation is 4. The van der Waals surface area contributed by atoms with Crippen molar-refractivity contribution in [2.75, 3.05) is 0 Å². The van der Waals surface area contributed by atoms with Crippen molar-refractivity contribution in [3.05, 3.63) is 41.7 Å². The maximum Gasteiger partial charge on any atom is 0.141 e. The lowest BCUT2D eigenvalue weighted by Crippen LogP contribution is -1.96. The third-order valence-corrected chi connectivity index (χ3v) is 4.22. The van der Waals surface area contributed by atoms with Gasteiger partial charge in [-0.25, -0.2) is 4.98 Å². The van der Waals surface area contributed by atoms with Gasteiger partial charge in [0.05, 0.1) is 34.9 Å². The Morgan fingerprint density at radius 1 is 1.17 bits per heavy atom. The molecule has 0 aliphatic carbocycles. The summed E-state index contributed by atoms with van der Waals surface area (Å²) < 4.78 is 7.21. The van der Waals surface area contributed by atoms with E-state index >= 15 is 0 Å². The van der Waals surface area contributed by atoms with Crippen LogP contribution in [0.2, 0.25) is 0 Å². The first kappa shape index (κ1) is 13.8. The largest absolute Gasteiger partial charge is 0.361 e. The minimum Gasteiger partial charge on any atom is -0.361 e. The van der Waals surface area contributed by atoms with E-state index in [2.05, 4.69) is 39.3 Å². The summed E-state index contributed by atoms with van der Waals surface area (Å²) in [6.07, 6.45) is 3.59. The maximum absolute atomic E-state index is 5.33. The summed E-state index contributed by atoms with van der Waals surface area (Å²) in [6.45, 7) is 5.95. The van der Waals surface area contributed by atoms with Gasteiger partial charge >= 0.3 is 0 Å². The first-order chi connectivity index (χ1) is 11.1. The number of fused-ring (bicyclic) bond motifs is 1. The molecule has 0 radical (unpaired) electrons. The highest BCUT2D eigenvalue weighted by Crippen LogP contribution is 2.35. The van der Waals surface area contributed by atoms with Crippen molar-refractivity contribution >= 4 is 11.0 Å². The number of nitrogens with one attached hydrogen (secondary N) is 1. The van der Waals surface area contributed by atoms with Gasteiger partial charge in [0, 0.05) is 18.2 Å². The Labute approximate surface area is 133 Å². The van der Waals surface area contributed by atoms with E-state index in [1.54, 1.807) is 6.33 Å². The summed E-state index contributed by atoms with van der Waals surface area (Å²) in [7, 11) is 1.95. The molecule has 1 N–H and O–H groups in total. The topological polar surface area (TPSA) is 72.5 Å². The van der Waals surface area contributed by atoms with Crippen LogP contribution >= 0.6 is 0 Å². The van der Waals surface area contributed by atoms with Crippen molar-refractivity contribution in [3.63, 3.8) is 0 Å². The Hall–Kier alpha value is -2.89. The summed E-state index contributed by atoms with van der Waals surface area (Å²) in [4.78, 5) is 7.70. The molecule has 0 unspecified atom stereocenters. The average Bonchev–Trinajstić information content (AvgIpc) is 3.19. The minimum atomic E-state index is 0.814. The Kier molecular flexibility index (Phi) is 2.87. The molecule has 0 saturated heterocycles. The molecule has 0 atom stereocenters. The minimum absolute atomic E-state index is 0.814. The Morgan fingerprint density at radius 3 is 2.65 bits per heavy atom. The van der Waals surface area contributed by atoms with Crippen LogP contribution in [0.15, 0.2) is 29.2 Å². The number of rotatable bonds is 2. The van der Waals surface area contributed by atoms with Crippen LogP contribution in [0, 0.1) is 20.8 Å². The fourth-order valence-corrected chi connectivity index (χ4v) is 3.20. The van der Waals surface area contributed by atoms with Gasteiger partial charge in [0.2, 0.25) is 0 Å². The molecule has 0 bridgehead atoms. The fraction of sp³-hybridized carbons (Fsp3) is 0.235. The normalized spacial score (nSPS) is 11.5. The standard InChI is InChI=1S/C17H17N5O/c1-9-7-20-22(4)17(9)13-5-12(6-14-16(13)19-8-18-14)15-10(2)21-23-11(15)3/h5-8H,1-4H3,(H,18,19). The molecule has 116 valence electrons. The van der Waals surface area contributed by atoms with Gasteiger partial charge in [-0.2, -0.15) is 5.10 Å². The zero-order valence-corrected chi connectivity index (χ0v) is 13.5. The van der Waals surface area contributed by atoms with Crippen molar-refractivity contribution in [2.24, 2.45) is 7.05 Å². The summed E-state index contributed by atoms with van der Waals surface area (Å²) in [5.74, 6) is 0.814. The highest BCUT2D eigenvalue weighted by Gasteiger charge is 2.18. The molecule has 0 spiro atoms. The highest BCUT2D eigenvalue weighted by atomic mass is 16.5. The van der Waals surface area contributed by atoms with Gasteiger partial charge in [0.1, 0.15) is 5.76 Å². The molecule has 0 saturated carbocycles. The van der Waals surface area contributed by atoms with Crippen molar-refractivity contribution in [3.8, 4) is 22.4 Å². The molecule has 0 aliphatic rings. The number of aromatic amines is 1. The van der Waals surface area contributed by atoms with Gasteiger partial charge in [-0.05, 0) is 44.0 Å². The van der Waals surface area contributed by atoms with E-state index in [0.29, 0.717) is 0 Å². The zero-order valence-electron chi connectivity index (χ0n) is 13.5. The van der Waals surface area contributed by atoms with Gasteiger partial charge in [0.25, 0.3) is 0 Å². The third-order valence-electron chi connectivity index (χ3n) is 4.22. The Bertz CT molecular complexity index is 982. The van der Waals surface area contributed by atoms with Crippen molar-refractivity contribution < 1.29 is 4.52 Å². The quantitative estimate of drug-likeness (QED) is 0.614. The third kappa shape index (κ3) is 1.98. The van der Waals surface area contributed by atoms with E-state index in [9.17, 15) is 0 Å². The van der Waals surface area contributed by atoms with Crippen LogP contribution in [0.4, 0.5) is 0 Å². The summed E-state index contributed by atoms with van der Waals surface area (Å²) in [5, 5.41) is 8.43. The Morgan fingerprint density at radius 2 is 2.00 bits per heavy atom. The molecule has 6 heteroatoms. The summed E-state index contributed by atoms with van der Waals surface area (Å²) in [5.41, 5.74) is 8.13. The maximum atomic E-state index is 5.33. The van der Waals surface area contributed by atoms with Gasteiger partial charge in [-0.3, -0.25) is 4.68 Å². The predicted octanol–water partition coefficient (Wildman–Crippen LogP) is 3.54. The number of nitrogens with zero attached hydrogens (tertiary/aromatic N) is 4. The van der Waals surface area contributed by atoms with E-state index in [1.807, 2.05) is 31.8 Å². The molecular weight excluding hydrogens is 290 g/mol. The molecular formula is C17H17N5O. The second kappa shape index (κ2) is 4.81. The van der Waals surface area contributed by atoms with Crippen LogP contribution in [0.3, 0.4) is 0 Å². The first-order valence-corrected chi connectivity index (χ1v) is 7.45. The second-order valence-corrected chi connectivity index (χ2v) is 5.82. The summed E-state index contributed by atoms with van der Waals surface area (Å²) >= 11 is 0. The molecule has 0 fully saturated rings. The van der Waals surface area contributed by atoms with Crippen LogP contribution in [0.5, 0.6) is 0 Å². The van der Waals surface area contributed by atoms with E-state index < -0.39 is 0 Å². The van der Waals surface area contributed by atoms with E-state index in [0.717, 1.165) is 50.4 Å². The molecule has 0 amide bonds. The molecule has 4 aromatic rings. The lowest BCUT2D eigenvalue weighted by Gasteiger charge is -2.09. The van der Waals surface area contributed by atoms with Crippen LogP contribution in [-0.4, -0.2) is 24.9 Å². The fourth-order valence-electron chi connectivity index (χ4n) is 3.20. The Balaban J connectivity index is 2.07. The summed E-state index contributed by atoms with van der Waals surface area (Å²) in [6, 6.07) is 4.23. The molecule has 6 nitrogen and oxygen atoms in total. The zero-order chi connectivity index (χ0) is 16.1. The van der Waals surface area contributed by atoms with Gasteiger partial charge in [0.15, 0.2) is 0 Å². The van der Waals surface area contributed by atoms with E-state index in [-0.39, 0.29) is 0 Å². The van der Waals surface area contributed by atoms with Gasteiger partial charge in [-0.1, -0.05) is 5.16 Å². The number of aromatic nitrogens is 5. The van der Waals surface area contributed by atoms with Crippen molar-refractivity contribution in [1.29, 1.82) is 0 Å². The van der Waals surface area contributed by atoms with Crippen LogP contribution in [0.1, 0.15) is 17.0 Å². The average molecular weight is 307 g/mol. The SMILES string of the molecule is Cc1cnn(C)c1-c1cc(-c2c(C)noc2C)cc2[nH]cnc12. The molecule has 3 heterocycles. The van der Waals surface area contributed by atoms with Crippen molar-refractivity contribution in [1.82, 2.24) is 24.9 Å². The predicted molar refractivity (Wildman–Crippen MR) is 88.0 cm³/mol. The lowest BCUT2D eigenvalue weighted by atomic mass is 9.98. The number of benzene rings is 1. The first-order valence-electron chi connectivity index (χ1n) is 7.45. The van der Waals surface area contributed by atoms with Crippen LogP contribution < -0.4 is 0 Å². The van der Waals surface area contributed by atoms with Crippen molar-refractivity contribution in [2.45, 2.75) is 20.8 Å². The number of H-pyrrole nitrogens is 1. The lowest BCUT2D eigenvalue weighted by molar-refractivity contribution is 0.393. The molecule has 4 rings (SSSR count). The monoisotopic (exact) mass is 307 g/mol. The molecule has 1 aromatic carbocycles. The van der Waals surface area contributed by atoms with E-state index in [1.165, 1.54) is 0 Å². The number of hydrogen-bond acceptors (Lipinski definition) is 4. The van der Waals surface area contributed by atoms with Crippen LogP contribution in [0.25, 0.3) is 33.4 Å². The number of hydrogen-bond donors (Lipinski definition) is 1. The smallest absolute Gasteiger partial charge is 0.141 e. The second-order valence-electron chi connectivity index (χ2n) is 5.82. The van der Waals surface area contributed by atoms with Gasteiger partial charge < -0.3 is 9.51 Å². The highest BCUT2D eigenvalue weighted by molar-refractivity contribution is 5.96.